The van der Waals surface area contributed by atoms with Crippen molar-refractivity contribution >= 4 is 34.8 Å². The highest BCUT2D eigenvalue weighted by atomic mass is 35.5. The molecule has 0 spiro atoms. The van der Waals surface area contributed by atoms with E-state index in [1.54, 1.807) is 6.07 Å². The molecule has 0 heterocycles. The Bertz CT molecular complexity index is 271. The second-order valence-corrected chi connectivity index (χ2v) is 4.10. The van der Waals surface area contributed by atoms with E-state index in [-0.39, 0.29) is 0 Å². The molecule has 0 unspecified atom stereocenters. The molecule has 72 valence electrons. The second kappa shape index (κ2) is 5.74. The van der Waals surface area contributed by atoms with E-state index in [9.17, 15) is 0 Å². The van der Waals surface area contributed by atoms with E-state index < -0.39 is 0 Å². The van der Waals surface area contributed by atoms with Crippen LogP contribution in [0, 0.1) is 0 Å². The van der Waals surface area contributed by atoms with Crippen LogP contribution >= 0.6 is 34.8 Å². The van der Waals surface area contributed by atoms with Gasteiger partial charge >= 0.3 is 0 Å². The van der Waals surface area contributed by atoms with E-state index in [0.29, 0.717) is 5.88 Å². The van der Waals surface area contributed by atoms with E-state index in [0.717, 1.165) is 34.9 Å². The molecule has 1 aromatic carbocycles. The highest BCUT2D eigenvalue weighted by Crippen LogP contribution is 2.22. The number of aryl methyl sites for hydroxylation is 1. The SMILES string of the molecule is ClCCCCc1cc(Cl)ccc1Cl. The van der Waals surface area contributed by atoms with Crippen molar-refractivity contribution in [3.8, 4) is 0 Å². The van der Waals surface area contributed by atoms with Crippen LogP contribution in [0.1, 0.15) is 18.4 Å². The van der Waals surface area contributed by atoms with Gasteiger partial charge in [-0.3, -0.25) is 0 Å². The van der Waals surface area contributed by atoms with E-state index in [1.165, 1.54) is 0 Å². The molecule has 0 fully saturated rings. The van der Waals surface area contributed by atoms with Gasteiger partial charge in [0.2, 0.25) is 0 Å². The molecule has 1 rings (SSSR count). The summed E-state index contributed by atoms with van der Waals surface area (Å²) in [6.45, 7) is 0. The Morgan fingerprint density at radius 2 is 1.85 bits per heavy atom. The molecule has 0 bridgehead atoms. The Kier molecular flexibility index (Phi) is 4.93. The summed E-state index contributed by atoms with van der Waals surface area (Å²) in [5.74, 6) is 0.707. The van der Waals surface area contributed by atoms with Crippen molar-refractivity contribution < 1.29 is 0 Å². The van der Waals surface area contributed by atoms with Gasteiger partial charge in [-0.05, 0) is 43.0 Å². The zero-order chi connectivity index (χ0) is 9.68. The number of hydrogen-bond acceptors (Lipinski definition) is 0. The fourth-order valence-electron chi connectivity index (χ4n) is 1.14. The standard InChI is InChI=1S/C10H11Cl3/c11-6-2-1-3-8-7-9(12)4-5-10(8)13/h4-5,7H,1-3,6H2. The predicted molar refractivity (Wildman–Crippen MR) is 60.1 cm³/mol. The fraction of sp³-hybridized carbons (Fsp3) is 0.400. The van der Waals surface area contributed by atoms with Gasteiger partial charge in [0.25, 0.3) is 0 Å². The molecule has 13 heavy (non-hydrogen) atoms. The number of benzene rings is 1. The quantitative estimate of drug-likeness (QED) is 0.532. The molecule has 0 saturated carbocycles. The summed E-state index contributed by atoms with van der Waals surface area (Å²) in [7, 11) is 0. The largest absolute Gasteiger partial charge is 0.127 e. The van der Waals surface area contributed by atoms with Gasteiger partial charge in [0.05, 0.1) is 0 Å². The van der Waals surface area contributed by atoms with Crippen molar-refractivity contribution in [2.75, 3.05) is 5.88 Å². The Morgan fingerprint density at radius 3 is 2.54 bits per heavy atom. The molecule has 0 N–H and O–H groups in total. The number of halogens is 3. The van der Waals surface area contributed by atoms with E-state index in [1.807, 2.05) is 12.1 Å². The summed E-state index contributed by atoms with van der Waals surface area (Å²) < 4.78 is 0. The molecule has 0 aromatic heterocycles. The highest BCUT2D eigenvalue weighted by molar-refractivity contribution is 6.33. The first-order valence-electron chi connectivity index (χ1n) is 4.24. The minimum absolute atomic E-state index is 0.707. The molecule has 0 radical (unpaired) electrons. The first kappa shape index (κ1) is 11.2. The zero-order valence-corrected chi connectivity index (χ0v) is 9.46. The van der Waals surface area contributed by atoms with E-state index in [4.69, 9.17) is 34.8 Å². The third-order valence-electron chi connectivity index (χ3n) is 1.84. The van der Waals surface area contributed by atoms with Gasteiger partial charge in [-0.25, -0.2) is 0 Å². The summed E-state index contributed by atoms with van der Waals surface area (Å²) in [6.07, 6.45) is 3.03. The van der Waals surface area contributed by atoms with Crippen LogP contribution < -0.4 is 0 Å². The molecule has 0 atom stereocenters. The van der Waals surface area contributed by atoms with E-state index in [2.05, 4.69) is 0 Å². The number of alkyl halides is 1. The van der Waals surface area contributed by atoms with Crippen molar-refractivity contribution in [2.24, 2.45) is 0 Å². The lowest BCUT2D eigenvalue weighted by Gasteiger charge is -2.03. The monoisotopic (exact) mass is 236 g/mol. The van der Waals surface area contributed by atoms with Crippen molar-refractivity contribution in [1.82, 2.24) is 0 Å². The van der Waals surface area contributed by atoms with Crippen molar-refractivity contribution in [1.29, 1.82) is 0 Å². The summed E-state index contributed by atoms with van der Waals surface area (Å²) in [6, 6.07) is 5.55. The molecule has 0 aliphatic carbocycles. The Balaban J connectivity index is 2.59. The maximum absolute atomic E-state index is 5.98. The number of hydrogen-bond donors (Lipinski definition) is 0. The minimum Gasteiger partial charge on any atom is -0.127 e. The Hall–Kier alpha value is 0.0900. The maximum Gasteiger partial charge on any atom is 0.0439 e. The van der Waals surface area contributed by atoms with Gasteiger partial charge in [-0.2, -0.15) is 0 Å². The second-order valence-electron chi connectivity index (χ2n) is 2.88. The normalized spacial score (nSPS) is 10.4. The first-order chi connectivity index (χ1) is 6.24. The molecule has 0 amide bonds. The summed E-state index contributed by atoms with van der Waals surface area (Å²) in [5.41, 5.74) is 1.11. The zero-order valence-electron chi connectivity index (χ0n) is 7.19. The van der Waals surface area contributed by atoms with Gasteiger partial charge < -0.3 is 0 Å². The van der Waals surface area contributed by atoms with Gasteiger partial charge in [0.1, 0.15) is 0 Å². The first-order valence-corrected chi connectivity index (χ1v) is 5.53. The lowest BCUT2D eigenvalue weighted by Crippen LogP contribution is -1.87. The summed E-state index contributed by atoms with van der Waals surface area (Å²) >= 11 is 17.4. The van der Waals surface area contributed by atoms with Gasteiger partial charge in [0, 0.05) is 15.9 Å². The average Bonchev–Trinajstić information content (AvgIpc) is 2.11. The van der Waals surface area contributed by atoms with Crippen LogP contribution in [0.5, 0.6) is 0 Å². The molecular weight excluding hydrogens is 226 g/mol. The fourth-order valence-corrected chi connectivity index (χ4v) is 1.74. The van der Waals surface area contributed by atoms with Crippen LogP contribution in [-0.2, 0) is 6.42 Å². The predicted octanol–water partition coefficient (Wildman–Crippen LogP) is 4.55. The highest BCUT2D eigenvalue weighted by Gasteiger charge is 2.00. The Labute approximate surface area is 93.8 Å². The van der Waals surface area contributed by atoms with Gasteiger partial charge in [0.15, 0.2) is 0 Å². The third-order valence-corrected chi connectivity index (χ3v) is 2.71. The molecule has 3 heteroatoms. The van der Waals surface area contributed by atoms with Crippen molar-refractivity contribution in [3.63, 3.8) is 0 Å². The lowest BCUT2D eigenvalue weighted by atomic mass is 10.1. The maximum atomic E-state index is 5.98. The van der Waals surface area contributed by atoms with E-state index >= 15 is 0 Å². The third kappa shape index (κ3) is 3.76. The van der Waals surface area contributed by atoms with Gasteiger partial charge in [-0.1, -0.05) is 23.2 Å². The minimum atomic E-state index is 0.707. The topological polar surface area (TPSA) is 0 Å². The Morgan fingerprint density at radius 1 is 1.08 bits per heavy atom. The van der Waals surface area contributed by atoms with Crippen LogP contribution in [0.3, 0.4) is 0 Å². The van der Waals surface area contributed by atoms with Crippen molar-refractivity contribution in [3.05, 3.63) is 33.8 Å². The summed E-state index contributed by atoms with van der Waals surface area (Å²) in [5, 5.41) is 1.53. The van der Waals surface area contributed by atoms with Crippen LogP contribution in [0.2, 0.25) is 10.0 Å². The molecule has 0 nitrogen and oxygen atoms in total. The molecule has 1 aromatic rings. The number of unbranched alkanes of at least 4 members (excludes halogenated alkanes) is 1. The van der Waals surface area contributed by atoms with Crippen LogP contribution in [0.4, 0.5) is 0 Å². The number of rotatable bonds is 4. The van der Waals surface area contributed by atoms with Gasteiger partial charge in [-0.15, -0.1) is 11.6 Å². The van der Waals surface area contributed by atoms with Crippen molar-refractivity contribution in [2.45, 2.75) is 19.3 Å². The molecule has 0 aliphatic rings. The lowest BCUT2D eigenvalue weighted by molar-refractivity contribution is 0.800. The average molecular weight is 238 g/mol. The molecule has 0 aliphatic heterocycles. The molecule has 0 saturated heterocycles. The molecular formula is C10H11Cl3. The smallest absolute Gasteiger partial charge is 0.0439 e. The van der Waals surface area contributed by atoms with Crippen LogP contribution in [-0.4, -0.2) is 5.88 Å². The summed E-state index contributed by atoms with van der Waals surface area (Å²) in [4.78, 5) is 0. The van der Waals surface area contributed by atoms with Crippen LogP contribution in [0.25, 0.3) is 0 Å². The van der Waals surface area contributed by atoms with Crippen LogP contribution in [0.15, 0.2) is 18.2 Å².